The molecule has 3 rings (SSSR count). The van der Waals surface area contributed by atoms with Crippen LogP contribution in [0.4, 0.5) is 0 Å². The first-order valence-corrected chi connectivity index (χ1v) is 9.88. The fraction of sp³-hybridized carbons (Fsp3) is 0.889. The van der Waals surface area contributed by atoms with E-state index in [0.717, 1.165) is 78.4 Å². The number of nitrogens with zero attached hydrogens (tertiary/aromatic N) is 4. The van der Waals surface area contributed by atoms with Crippen molar-refractivity contribution >= 4 is 11.9 Å². The Bertz CT molecular complexity index is 450. The molecule has 2 heterocycles. The molecule has 0 aromatic carbocycles. The van der Waals surface area contributed by atoms with Crippen LogP contribution >= 0.6 is 0 Å². The molecule has 1 saturated carbocycles. The molecule has 142 valence electrons. The predicted molar refractivity (Wildman–Crippen MR) is 98.5 cm³/mol. The van der Waals surface area contributed by atoms with E-state index in [1.807, 2.05) is 0 Å². The zero-order chi connectivity index (χ0) is 17.5. The number of nitrogens with two attached hydrogens (primary N) is 1. The molecule has 1 amide bonds. The van der Waals surface area contributed by atoms with Crippen molar-refractivity contribution in [1.82, 2.24) is 14.7 Å². The van der Waals surface area contributed by atoms with Gasteiger partial charge in [0, 0.05) is 51.7 Å². The van der Waals surface area contributed by atoms with E-state index in [4.69, 9.17) is 10.5 Å². The van der Waals surface area contributed by atoms with Gasteiger partial charge in [-0.05, 0) is 12.8 Å². The number of ether oxygens (including phenoxy) is 1. The first kappa shape index (κ1) is 18.5. The molecule has 0 aromatic rings. The Balaban J connectivity index is 1.35. The third kappa shape index (κ3) is 5.31. The molecule has 7 nitrogen and oxygen atoms in total. The summed E-state index contributed by atoms with van der Waals surface area (Å²) in [6.07, 6.45) is 5.92. The Morgan fingerprint density at radius 1 is 0.960 bits per heavy atom. The summed E-state index contributed by atoms with van der Waals surface area (Å²) >= 11 is 0. The van der Waals surface area contributed by atoms with Crippen molar-refractivity contribution in [3.05, 3.63) is 0 Å². The molecule has 0 aromatic heterocycles. The van der Waals surface area contributed by atoms with Gasteiger partial charge in [-0.3, -0.25) is 14.7 Å². The monoisotopic (exact) mass is 351 g/mol. The Labute approximate surface area is 151 Å². The number of amides is 1. The molecule has 0 bridgehead atoms. The fourth-order valence-electron chi connectivity index (χ4n) is 4.00. The maximum Gasteiger partial charge on any atom is 0.225 e. The van der Waals surface area contributed by atoms with Gasteiger partial charge in [0.2, 0.25) is 5.91 Å². The molecule has 7 heteroatoms. The summed E-state index contributed by atoms with van der Waals surface area (Å²) in [5, 5.41) is 0. The smallest absolute Gasteiger partial charge is 0.225 e. The minimum atomic E-state index is 0.290. The van der Waals surface area contributed by atoms with Gasteiger partial charge in [0.05, 0.1) is 19.8 Å². The van der Waals surface area contributed by atoms with Gasteiger partial charge in [-0.25, -0.2) is 0 Å². The summed E-state index contributed by atoms with van der Waals surface area (Å²) < 4.78 is 5.33. The second-order valence-electron chi connectivity index (χ2n) is 7.34. The van der Waals surface area contributed by atoms with Gasteiger partial charge in [-0.1, -0.05) is 19.3 Å². The van der Waals surface area contributed by atoms with Crippen LogP contribution in [0.5, 0.6) is 0 Å². The average Bonchev–Trinajstić information content (AvgIpc) is 2.69. The molecular weight excluding hydrogens is 318 g/mol. The number of rotatable bonds is 4. The second kappa shape index (κ2) is 9.38. The lowest BCUT2D eigenvalue weighted by Gasteiger charge is -2.37. The third-order valence-corrected chi connectivity index (χ3v) is 5.66. The maximum absolute atomic E-state index is 12.6. The summed E-state index contributed by atoms with van der Waals surface area (Å²) in [5.74, 6) is 1.32. The molecule has 2 N–H and O–H groups in total. The molecule has 0 spiro atoms. The minimum Gasteiger partial charge on any atom is -0.378 e. The topological polar surface area (TPSA) is 74.4 Å². The van der Waals surface area contributed by atoms with Crippen molar-refractivity contribution < 1.29 is 9.53 Å². The van der Waals surface area contributed by atoms with E-state index >= 15 is 0 Å². The number of carbonyl (C=O) groups is 1. The van der Waals surface area contributed by atoms with E-state index in [9.17, 15) is 4.79 Å². The molecule has 0 unspecified atom stereocenters. The maximum atomic E-state index is 12.6. The van der Waals surface area contributed by atoms with Crippen LogP contribution in [-0.2, 0) is 9.53 Å². The van der Waals surface area contributed by atoms with Crippen LogP contribution in [0.15, 0.2) is 4.99 Å². The average molecular weight is 351 g/mol. The molecule has 0 radical (unpaired) electrons. The standard InChI is InChI=1S/C18H33N5O2/c19-18(23-12-14-25-15-13-23)20-6-7-21-8-10-22(11-9-21)17(24)16-4-2-1-3-5-16/h16H,1-15H2,(H2,19,20). The largest absolute Gasteiger partial charge is 0.378 e. The van der Waals surface area contributed by atoms with E-state index < -0.39 is 0 Å². The van der Waals surface area contributed by atoms with E-state index in [2.05, 4.69) is 19.7 Å². The van der Waals surface area contributed by atoms with E-state index in [1.165, 1.54) is 19.3 Å². The summed E-state index contributed by atoms with van der Waals surface area (Å²) in [5.41, 5.74) is 6.06. The van der Waals surface area contributed by atoms with Crippen molar-refractivity contribution in [2.24, 2.45) is 16.6 Å². The van der Waals surface area contributed by atoms with Crippen LogP contribution in [0.2, 0.25) is 0 Å². The van der Waals surface area contributed by atoms with Gasteiger partial charge in [0.1, 0.15) is 0 Å². The Hall–Kier alpha value is -1.34. The van der Waals surface area contributed by atoms with Crippen LogP contribution in [-0.4, -0.2) is 92.1 Å². The van der Waals surface area contributed by atoms with Gasteiger partial charge in [0.25, 0.3) is 0 Å². The Morgan fingerprint density at radius 3 is 2.32 bits per heavy atom. The van der Waals surface area contributed by atoms with Gasteiger partial charge < -0.3 is 20.3 Å². The van der Waals surface area contributed by atoms with Crippen molar-refractivity contribution in [2.75, 3.05) is 65.6 Å². The number of carbonyl (C=O) groups excluding carboxylic acids is 1. The van der Waals surface area contributed by atoms with Crippen molar-refractivity contribution in [2.45, 2.75) is 32.1 Å². The summed E-state index contributed by atoms with van der Waals surface area (Å²) in [6.45, 7) is 8.37. The first-order valence-electron chi connectivity index (χ1n) is 9.88. The van der Waals surface area contributed by atoms with Crippen LogP contribution in [0, 0.1) is 5.92 Å². The van der Waals surface area contributed by atoms with Gasteiger partial charge in [-0.2, -0.15) is 0 Å². The number of aliphatic imine (C=N–C) groups is 1. The molecular formula is C18H33N5O2. The number of morpholine rings is 1. The second-order valence-corrected chi connectivity index (χ2v) is 7.34. The Kier molecular flexibility index (Phi) is 6.93. The van der Waals surface area contributed by atoms with E-state index in [-0.39, 0.29) is 0 Å². The molecule has 3 aliphatic rings. The zero-order valence-corrected chi connectivity index (χ0v) is 15.4. The SMILES string of the molecule is NC(=NCCN1CCN(C(=O)C2CCCCC2)CC1)N1CCOCC1. The van der Waals surface area contributed by atoms with E-state index in [0.29, 0.717) is 17.8 Å². The van der Waals surface area contributed by atoms with Gasteiger partial charge in [0.15, 0.2) is 5.96 Å². The lowest BCUT2D eigenvalue weighted by atomic mass is 9.88. The van der Waals surface area contributed by atoms with Crippen molar-refractivity contribution in [3.8, 4) is 0 Å². The number of piperazine rings is 1. The minimum absolute atomic E-state index is 0.290. The summed E-state index contributed by atoms with van der Waals surface area (Å²) in [7, 11) is 0. The lowest BCUT2D eigenvalue weighted by molar-refractivity contribution is -0.138. The highest BCUT2D eigenvalue weighted by Crippen LogP contribution is 2.25. The molecule has 25 heavy (non-hydrogen) atoms. The van der Waals surface area contributed by atoms with Crippen molar-refractivity contribution in [3.63, 3.8) is 0 Å². The number of hydrogen-bond donors (Lipinski definition) is 1. The molecule has 2 aliphatic heterocycles. The molecule has 2 saturated heterocycles. The highest BCUT2D eigenvalue weighted by atomic mass is 16.5. The highest BCUT2D eigenvalue weighted by Gasteiger charge is 2.28. The quantitative estimate of drug-likeness (QED) is 0.585. The lowest BCUT2D eigenvalue weighted by Crippen LogP contribution is -2.51. The molecule has 0 atom stereocenters. The van der Waals surface area contributed by atoms with Gasteiger partial charge >= 0.3 is 0 Å². The fourth-order valence-corrected chi connectivity index (χ4v) is 4.00. The summed E-state index contributed by atoms with van der Waals surface area (Å²) in [6, 6.07) is 0. The number of hydrogen-bond acceptors (Lipinski definition) is 4. The van der Waals surface area contributed by atoms with Gasteiger partial charge in [-0.15, -0.1) is 0 Å². The van der Waals surface area contributed by atoms with Crippen LogP contribution in [0.25, 0.3) is 0 Å². The predicted octanol–water partition coefficient (Wildman–Crippen LogP) is 0.358. The highest BCUT2D eigenvalue weighted by molar-refractivity contribution is 5.79. The summed E-state index contributed by atoms with van der Waals surface area (Å²) in [4.78, 5) is 23.7. The third-order valence-electron chi connectivity index (χ3n) is 5.66. The first-order chi connectivity index (χ1) is 12.2. The number of guanidine groups is 1. The van der Waals surface area contributed by atoms with E-state index in [1.54, 1.807) is 0 Å². The van der Waals surface area contributed by atoms with Crippen LogP contribution < -0.4 is 5.73 Å². The molecule has 1 aliphatic carbocycles. The molecule has 3 fully saturated rings. The van der Waals surface area contributed by atoms with Crippen molar-refractivity contribution in [1.29, 1.82) is 0 Å². The zero-order valence-electron chi connectivity index (χ0n) is 15.4. The van der Waals surface area contributed by atoms with Crippen LogP contribution in [0.1, 0.15) is 32.1 Å². The van der Waals surface area contributed by atoms with Crippen LogP contribution in [0.3, 0.4) is 0 Å². The Morgan fingerprint density at radius 2 is 1.64 bits per heavy atom. The normalized spacial score (nSPS) is 24.6.